The Morgan fingerprint density at radius 3 is 2.45 bits per heavy atom. The molecule has 0 radical (unpaired) electrons. The number of ether oxygens (including phenoxy) is 2. The largest absolute Gasteiger partial charge is 0.490 e. The molecule has 114 valence electrons. The molecule has 0 bridgehead atoms. The summed E-state index contributed by atoms with van der Waals surface area (Å²) in [6, 6.07) is 4.81. The van der Waals surface area contributed by atoms with Crippen molar-refractivity contribution in [3.63, 3.8) is 0 Å². The SMILES string of the molecule is COCCOc1cc(Br)ccc1S(=O)(=O)NC(C)(C)C. The van der Waals surface area contributed by atoms with Gasteiger partial charge in [-0.15, -0.1) is 0 Å². The molecule has 0 aliphatic heterocycles. The second-order valence-electron chi connectivity index (χ2n) is 5.29. The molecule has 0 heterocycles. The zero-order chi connectivity index (χ0) is 15.4. The van der Waals surface area contributed by atoms with Crippen molar-refractivity contribution in [2.45, 2.75) is 31.2 Å². The number of methoxy groups -OCH3 is 1. The highest BCUT2D eigenvalue weighted by Crippen LogP contribution is 2.28. The van der Waals surface area contributed by atoms with Crippen molar-refractivity contribution in [3.05, 3.63) is 22.7 Å². The summed E-state index contributed by atoms with van der Waals surface area (Å²) < 4.78 is 38.5. The van der Waals surface area contributed by atoms with Gasteiger partial charge in [-0.3, -0.25) is 0 Å². The number of rotatable bonds is 6. The number of sulfonamides is 1. The Morgan fingerprint density at radius 2 is 1.90 bits per heavy atom. The monoisotopic (exact) mass is 365 g/mol. The molecular weight excluding hydrogens is 346 g/mol. The van der Waals surface area contributed by atoms with Gasteiger partial charge in [-0.05, 0) is 39.0 Å². The second-order valence-corrected chi connectivity index (χ2v) is 7.85. The summed E-state index contributed by atoms with van der Waals surface area (Å²) in [6.45, 7) is 6.03. The van der Waals surface area contributed by atoms with Crippen LogP contribution in [0, 0.1) is 0 Å². The number of benzene rings is 1. The van der Waals surface area contributed by atoms with Gasteiger partial charge in [0.05, 0.1) is 6.61 Å². The molecule has 20 heavy (non-hydrogen) atoms. The number of hydrogen-bond donors (Lipinski definition) is 1. The Balaban J connectivity index is 3.10. The third-order valence-corrected chi connectivity index (χ3v) is 4.47. The Bertz CT molecular complexity index is 552. The first-order chi connectivity index (χ1) is 9.15. The maximum absolute atomic E-state index is 12.4. The van der Waals surface area contributed by atoms with E-state index in [-0.39, 0.29) is 11.5 Å². The van der Waals surface area contributed by atoms with Gasteiger partial charge in [0.25, 0.3) is 0 Å². The van der Waals surface area contributed by atoms with E-state index in [2.05, 4.69) is 20.7 Å². The molecule has 0 aromatic heterocycles. The summed E-state index contributed by atoms with van der Waals surface area (Å²) in [7, 11) is -2.08. The van der Waals surface area contributed by atoms with Crippen LogP contribution in [-0.4, -0.2) is 34.3 Å². The molecule has 0 spiro atoms. The fourth-order valence-electron chi connectivity index (χ4n) is 1.51. The van der Waals surface area contributed by atoms with E-state index in [0.717, 1.165) is 4.47 Å². The summed E-state index contributed by atoms with van der Waals surface area (Å²) in [5, 5.41) is 0. The molecule has 0 aliphatic carbocycles. The molecule has 7 heteroatoms. The molecule has 5 nitrogen and oxygen atoms in total. The van der Waals surface area contributed by atoms with Crippen molar-refractivity contribution in [1.82, 2.24) is 4.72 Å². The normalized spacial score (nSPS) is 12.4. The molecule has 0 amide bonds. The van der Waals surface area contributed by atoms with Crippen LogP contribution in [0.4, 0.5) is 0 Å². The molecule has 0 atom stereocenters. The molecular formula is C13H20BrNO4S. The smallest absolute Gasteiger partial charge is 0.244 e. The molecule has 1 N–H and O–H groups in total. The Morgan fingerprint density at radius 1 is 1.25 bits per heavy atom. The van der Waals surface area contributed by atoms with Gasteiger partial charge in [-0.25, -0.2) is 13.1 Å². The fourth-order valence-corrected chi connectivity index (χ4v) is 3.40. The summed E-state index contributed by atoms with van der Waals surface area (Å²) in [6.07, 6.45) is 0. The number of nitrogens with one attached hydrogen (secondary N) is 1. The average molecular weight is 366 g/mol. The van der Waals surface area contributed by atoms with Crippen molar-refractivity contribution < 1.29 is 17.9 Å². The van der Waals surface area contributed by atoms with E-state index in [1.165, 1.54) is 6.07 Å². The van der Waals surface area contributed by atoms with Crippen LogP contribution in [0.25, 0.3) is 0 Å². The predicted molar refractivity (Wildman–Crippen MR) is 81.6 cm³/mol. The van der Waals surface area contributed by atoms with Crippen LogP contribution in [0.2, 0.25) is 0 Å². The van der Waals surface area contributed by atoms with Gasteiger partial charge in [-0.1, -0.05) is 15.9 Å². The maximum atomic E-state index is 12.4. The van der Waals surface area contributed by atoms with Gasteiger partial charge in [0.15, 0.2) is 0 Å². The molecule has 0 saturated heterocycles. The topological polar surface area (TPSA) is 64.6 Å². The van der Waals surface area contributed by atoms with Gasteiger partial charge in [-0.2, -0.15) is 0 Å². The lowest BCUT2D eigenvalue weighted by Gasteiger charge is -2.21. The molecule has 0 unspecified atom stereocenters. The van der Waals surface area contributed by atoms with Crippen LogP contribution < -0.4 is 9.46 Å². The lowest BCUT2D eigenvalue weighted by atomic mass is 10.1. The molecule has 1 rings (SSSR count). The summed E-state index contributed by atoms with van der Waals surface area (Å²) in [4.78, 5) is 0.117. The third-order valence-electron chi connectivity index (χ3n) is 2.18. The Hall–Kier alpha value is -0.630. The minimum Gasteiger partial charge on any atom is -0.490 e. The van der Waals surface area contributed by atoms with Crippen LogP contribution in [0.5, 0.6) is 5.75 Å². The lowest BCUT2D eigenvalue weighted by Crippen LogP contribution is -2.40. The van der Waals surface area contributed by atoms with E-state index < -0.39 is 15.6 Å². The van der Waals surface area contributed by atoms with Gasteiger partial charge in [0.1, 0.15) is 17.3 Å². The van der Waals surface area contributed by atoms with Crippen LogP contribution >= 0.6 is 15.9 Å². The van der Waals surface area contributed by atoms with Gasteiger partial charge < -0.3 is 9.47 Å². The quantitative estimate of drug-likeness (QED) is 0.786. The highest BCUT2D eigenvalue weighted by atomic mass is 79.9. The first kappa shape index (κ1) is 17.4. The second kappa shape index (κ2) is 6.89. The van der Waals surface area contributed by atoms with Crippen molar-refractivity contribution >= 4 is 26.0 Å². The fraction of sp³-hybridized carbons (Fsp3) is 0.538. The summed E-state index contributed by atoms with van der Waals surface area (Å²) in [5.41, 5.74) is -0.560. The van der Waals surface area contributed by atoms with Crippen LogP contribution in [0.1, 0.15) is 20.8 Å². The van der Waals surface area contributed by atoms with E-state index in [9.17, 15) is 8.42 Å². The van der Waals surface area contributed by atoms with Crippen molar-refractivity contribution in [1.29, 1.82) is 0 Å². The molecule has 0 fully saturated rings. The van der Waals surface area contributed by atoms with Crippen molar-refractivity contribution in [2.75, 3.05) is 20.3 Å². The van der Waals surface area contributed by atoms with Crippen LogP contribution in [0.3, 0.4) is 0 Å². The lowest BCUT2D eigenvalue weighted by molar-refractivity contribution is 0.144. The molecule has 1 aromatic carbocycles. The number of hydrogen-bond acceptors (Lipinski definition) is 4. The van der Waals surface area contributed by atoms with Crippen LogP contribution in [-0.2, 0) is 14.8 Å². The standard InChI is InChI=1S/C13H20BrNO4S/c1-13(2,3)15-20(16,17)12-6-5-10(14)9-11(12)19-8-7-18-4/h5-6,9,15H,7-8H2,1-4H3. The third kappa shape index (κ3) is 5.40. The molecule has 0 aliphatic rings. The summed E-state index contributed by atoms with van der Waals surface area (Å²) >= 11 is 3.31. The first-order valence-corrected chi connectivity index (χ1v) is 8.38. The minimum atomic E-state index is -3.64. The van der Waals surface area contributed by atoms with E-state index in [0.29, 0.717) is 12.4 Å². The molecule has 0 saturated carbocycles. The first-order valence-electron chi connectivity index (χ1n) is 6.11. The van der Waals surface area contributed by atoms with Gasteiger partial charge in [0, 0.05) is 17.1 Å². The van der Waals surface area contributed by atoms with Gasteiger partial charge >= 0.3 is 0 Å². The average Bonchev–Trinajstić information content (AvgIpc) is 2.25. The minimum absolute atomic E-state index is 0.117. The van der Waals surface area contributed by atoms with E-state index in [1.807, 2.05) is 0 Å². The van der Waals surface area contributed by atoms with E-state index in [4.69, 9.17) is 9.47 Å². The Kier molecular flexibility index (Phi) is 6.00. The van der Waals surface area contributed by atoms with Gasteiger partial charge in [0.2, 0.25) is 10.0 Å². The number of halogens is 1. The van der Waals surface area contributed by atoms with E-state index in [1.54, 1.807) is 40.0 Å². The van der Waals surface area contributed by atoms with Crippen molar-refractivity contribution in [3.8, 4) is 5.75 Å². The summed E-state index contributed by atoms with van der Waals surface area (Å²) in [5.74, 6) is 0.299. The Labute approximate surface area is 128 Å². The van der Waals surface area contributed by atoms with E-state index >= 15 is 0 Å². The zero-order valence-electron chi connectivity index (χ0n) is 12.1. The maximum Gasteiger partial charge on any atom is 0.244 e. The van der Waals surface area contributed by atoms with Crippen molar-refractivity contribution in [2.24, 2.45) is 0 Å². The highest BCUT2D eigenvalue weighted by molar-refractivity contribution is 9.10. The predicted octanol–water partition coefficient (Wildman–Crippen LogP) is 2.55. The van der Waals surface area contributed by atoms with Crippen LogP contribution in [0.15, 0.2) is 27.6 Å². The molecule has 1 aromatic rings. The highest BCUT2D eigenvalue weighted by Gasteiger charge is 2.25. The zero-order valence-corrected chi connectivity index (χ0v) is 14.5.